The van der Waals surface area contributed by atoms with Crippen LogP contribution < -0.4 is 10.6 Å². The number of rotatable bonds is 0. The van der Waals surface area contributed by atoms with Crippen molar-refractivity contribution in [1.82, 2.24) is 10.6 Å². The van der Waals surface area contributed by atoms with E-state index < -0.39 is 0 Å². The number of nitrogens with one attached hydrogen (secondary N) is 2. The van der Waals surface area contributed by atoms with Crippen LogP contribution in [0.2, 0.25) is 0 Å². The topological polar surface area (TPSA) is 24.1 Å². The molecule has 1 rings (SSSR count). The van der Waals surface area contributed by atoms with Crippen LogP contribution in [0.25, 0.3) is 0 Å². The average molecular weight is 148 g/mol. The zero-order valence-electron chi connectivity index (χ0n) is 5.65. The minimum Gasteiger partial charge on any atom is -0.315 e. The molecule has 0 aromatic carbocycles. The minimum atomic E-state index is 0. The van der Waals surface area contributed by atoms with Gasteiger partial charge in [-0.3, -0.25) is 0 Å². The molecule has 1 aliphatic rings. The van der Waals surface area contributed by atoms with E-state index in [1.54, 1.807) is 0 Å². The van der Waals surface area contributed by atoms with Gasteiger partial charge in [0, 0.05) is 39.1 Å². The van der Waals surface area contributed by atoms with E-state index in [1.165, 1.54) is 24.6 Å². The SMILES string of the molecule is C1CNCCSCCN1.[HH]. The smallest absolute Gasteiger partial charge is 0.00770 e. The lowest BCUT2D eigenvalue weighted by atomic mass is 10.6. The maximum Gasteiger partial charge on any atom is 0.00770 e. The molecule has 0 unspecified atom stereocenters. The van der Waals surface area contributed by atoms with E-state index >= 15 is 0 Å². The van der Waals surface area contributed by atoms with Crippen LogP contribution in [0.15, 0.2) is 0 Å². The third-order valence-electron chi connectivity index (χ3n) is 1.32. The Morgan fingerprint density at radius 2 is 1.44 bits per heavy atom. The van der Waals surface area contributed by atoms with Gasteiger partial charge in [-0.1, -0.05) is 0 Å². The summed E-state index contributed by atoms with van der Waals surface area (Å²) in [5.41, 5.74) is 0. The van der Waals surface area contributed by atoms with Crippen molar-refractivity contribution in [3.05, 3.63) is 0 Å². The fourth-order valence-electron chi connectivity index (χ4n) is 0.818. The second kappa shape index (κ2) is 5.09. The first kappa shape index (κ1) is 7.38. The molecule has 1 aliphatic heterocycles. The number of thioether (sulfide) groups is 1. The van der Waals surface area contributed by atoms with E-state index in [9.17, 15) is 0 Å². The van der Waals surface area contributed by atoms with Crippen LogP contribution in [-0.2, 0) is 0 Å². The van der Waals surface area contributed by atoms with E-state index in [0.29, 0.717) is 0 Å². The largest absolute Gasteiger partial charge is 0.315 e. The van der Waals surface area contributed by atoms with Gasteiger partial charge in [0.25, 0.3) is 0 Å². The van der Waals surface area contributed by atoms with Crippen LogP contribution in [0.1, 0.15) is 1.43 Å². The van der Waals surface area contributed by atoms with Gasteiger partial charge < -0.3 is 10.6 Å². The van der Waals surface area contributed by atoms with E-state index in [0.717, 1.165) is 13.1 Å². The standard InChI is InChI=1S/C6H14N2S.H2/c1-2-8-4-6-9-5-3-7-1;/h7-8H,1-6H2;1H. The molecule has 0 bridgehead atoms. The maximum atomic E-state index is 3.34. The summed E-state index contributed by atoms with van der Waals surface area (Å²) in [4.78, 5) is 0. The molecule has 0 aromatic heterocycles. The molecule has 0 radical (unpaired) electrons. The molecule has 0 saturated carbocycles. The Kier molecular flexibility index (Phi) is 4.17. The fraction of sp³-hybridized carbons (Fsp3) is 1.00. The summed E-state index contributed by atoms with van der Waals surface area (Å²) in [5.74, 6) is 2.53. The molecule has 0 spiro atoms. The van der Waals surface area contributed by atoms with Gasteiger partial charge in [-0.15, -0.1) is 0 Å². The highest BCUT2D eigenvalue weighted by atomic mass is 32.2. The second-order valence-electron chi connectivity index (χ2n) is 2.11. The summed E-state index contributed by atoms with van der Waals surface area (Å²) >= 11 is 2.02. The highest BCUT2D eigenvalue weighted by Crippen LogP contribution is 1.96. The van der Waals surface area contributed by atoms with Gasteiger partial charge in [0.1, 0.15) is 0 Å². The summed E-state index contributed by atoms with van der Waals surface area (Å²) in [6.07, 6.45) is 0. The van der Waals surface area contributed by atoms with Crippen LogP contribution in [0.5, 0.6) is 0 Å². The first-order valence-electron chi connectivity index (χ1n) is 3.49. The van der Waals surface area contributed by atoms with Crippen molar-refractivity contribution in [2.45, 2.75) is 0 Å². The lowest BCUT2D eigenvalue weighted by molar-refractivity contribution is 0.652. The van der Waals surface area contributed by atoms with E-state index in [-0.39, 0.29) is 1.43 Å². The van der Waals surface area contributed by atoms with Crippen LogP contribution in [0.3, 0.4) is 0 Å². The second-order valence-corrected chi connectivity index (χ2v) is 3.34. The lowest BCUT2D eigenvalue weighted by Crippen LogP contribution is -2.27. The molecule has 0 atom stereocenters. The Labute approximate surface area is 62.3 Å². The molecule has 56 valence electrons. The minimum absolute atomic E-state index is 0. The summed E-state index contributed by atoms with van der Waals surface area (Å²) in [6, 6.07) is 0. The van der Waals surface area contributed by atoms with Crippen molar-refractivity contribution in [2.75, 3.05) is 37.7 Å². The van der Waals surface area contributed by atoms with Crippen molar-refractivity contribution in [1.29, 1.82) is 0 Å². The summed E-state index contributed by atoms with van der Waals surface area (Å²) in [5, 5.41) is 6.69. The molecule has 1 fully saturated rings. The van der Waals surface area contributed by atoms with E-state index in [4.69, 9.17) is 0 Å². The Morgan fingerprint density at radius 1 is 0.889 bits per heavy atom. The molecule has 2 nitrogen and oxygen atoms in total. The molecule has 3 heteroatoms. The van der Waals surface area contributed by atoms with Crippen molar-refractivity contribution in [2.24, 2.45) is 0 Å². The van der Waals surface area contributed by atoms with E-state index in [1.807, 2.05) is 11.8 Å². The Hall–Kier alpha value is 0.270. The third-order valence-corrected chi connectivity index (χ3v) is 2.31. The Balaban J connectivity index is 0.000000810. The van der Waals surface area contributed by atoms with Crippen LogP contribution in [0.4, 0.5) is 0 Å². The molecule has 0 aliphatic carbocycles. The molecule has 1 saturated heterocycles. The summed E-state index contributed by atoms with van der Waals surface area (Å²) in [7, 11) is 0. The molecule has 0 aromatic rings. The van der Waals surface area contributed by atoms with Crippen molar-refractivity contribution >= 4 is 11.8 Å². The maximum absolute atomic E-state index is 3.34. The first-order chi connectivity index (χ1) is 4.50. The van der Waals surface area contributed by atoms with Gasteiger partial charge in [0.2, 0.25) is 0 Å². The van der Waals surface area contributed by atoms with Crippen LogP contribution in [0, 0.1) is 0 Å². The quantitative estimate of drug-likeness (QED) is 0.512. The highest BCUT2D eigenvalue weighted by Gasteiger charge is 1.93. The Morgan fingerprint density at radius 3 is 2.00 bits per heavy atom. The molecular weight excluding hydrogens is 132 g/mol. The normalized spacial score (nSPS) is 24.0. The first-order valence-corrected chi connectivity index (χ1v) is 4.65. The lowest BCUT2D eigenvalue weighted by Gasteiger charge is -1.99. The number of hydrogen-bond acceptors (Lipinski definition) is 3. The van der Waals surface area contributed by atoms with Crippen molar-refractivity contribution < 1.29 is 1.43 Å². The van der Waals surface area contributed by atoms with Gasteiger partial charge in [-0.05, 0) is 0 Å². The van der Waals surface area contributed by atoms with Gasteiger partial charge >= 0.3 is 0 Å². The van der Waals surface area contributed by atoms with Gasteiger partial charge in [0.15, 0.2) is 0 Å². The highest BCUT2D eigenvalue weighted by molar-refractivity contribution is 7.99. The Bertz CT molecular complexity index is 44.2. The van der Waals surface area contributed by atoms with Crippen molar-refractivity contribution in [3.63, 3.8) is 0 Å². The van der Waals surface area contributed by atoms with Gasteiger partial charge in [0.05, 0.1) is 0 Å². The molecule has 2 N–H and O–H groups in total. The zero-order valence-corrected chi connectivity index (χ0v) is 6.47. The summed E-state index contributed by atoms with van der Waals surface area (Å²) in [6.45, 7) is 4.60. The molecular formula is C6H16N2S. The summed E-state index contributed by atoms with van der Waals surface area (Å²) < 4.78 is 0. The predicted octanol–water partition coefficient (Wildman–Crippen LogP) is 0.158. The van der Waals surface area contributed by atoms with Crippen LogP contribution in [-0.4, -0.2) is 37.7 Å². The zero-order chi connectivity index (χ0) is 6.36. The van der Waals surface area contributed by atoms with E-state index in [2.05, 4.69) is 10.6 Å². The van der Waals surface area contributed by atoms with Crippen molar-refractivity contribution in [3.8, 4) is 0 Å². The third kappa shape index (κ3) is 3.78. The fourth-order valence-corrected chi connectivity index (χ4v) is 1.60. The monoisotopic (exact) mass is 148 g/mol. The molecule has 9 heavy (non-hydrogen) atoms. The molecule has 1 heterocycles. The predicted molar refractivity (Wildman–Crippen MR) is 45.2 cm³/mol. The average Bonchev–Trinajstić information content (AvgIpc) is 2.00. The molecule has 0 amide bonds. The van der Waals surface area contributed by atoms with Gasteiger partial charge in [-0.25, -0.2) is 0 Å². The number of hydrogen-bond donors (Lipinski definition) is 2. The van der Waals surface area contributed by atoms with Crippen LogP contribution >= 0.6 is 11.8 Å². The van der Waals surface area contributed by atoms with Gasteiger partial charge in [-0.2, -0.15) is 11.8 Å².